The van der Waals surface area contributed by atoms with Crippen molar-refractivity contribution in [2.75, 3.05) is 13.2 Å². The van der Waals surface area contributed by atoms with Crippen molar-refractivity contribution in [2.45, 2.75) is 275 Å². The van der Waals surface area contributed by atoms with E-state index in [1.54, 1.807) is 6.92 Å². The molecular weight excluding hydrogens is 959 g/mol. The molecule has 15 unspecified atom stereocenters. The van der Waals surface area contributed by atoms with Gasteiger partial charge < -0.3 is 87.0 Å². The highest BCUT2D eigenvalue weighted by Gasteiger charge is 2.45. The number of unbranched alkanes of at least 4 members (excludes halogenated alkanes) is 2. The van der Waals surface area contributed by atoms with E-state index >= 15 is 0 Å². The van der Waals surface area contributed by atoms with Gasteiger partial charge in [0.15, 0.2) is 12.2 Å². The molecule has 0 aromatic carbocycles. The number of allylic oxidation sites excluding steroid dienone is 1. The number of nitrogens with two attached hydrogens (primary N) is 2. The number of hydrogen-bond acceptors (Lipinski definition) is 17. The maximum absolute atomic E-state index is 14.2. The van der Waals surface area contributed by atoms with Crippen LogP contribution in [0.3, 0.4) is 0 Å². The summed E-state index contributed by atoms with van der Waals surface area (Å²) in [6.45, 7) is 11.5. The summed E-state index contributed by atoms with van der Waals surface area (Å²) in [5.41, 5.74) is 12.5. The van der Waals surface area contributed by atoms with Crippen molar-refractivity contribution in [3.63, 3.8) is 0 Å². The van der Waals surface area contributed by atoms with Crippen LogP contribution in [0.5, 0.6) is 0 Å². The van der Waals surface area contributed by atoms with E-state index in [1.165, 1.54) is 6.08 Å². The zero-order valence-electron chi connectivity index (χ0n) is 45.7. The lowest BCUT2D eigenvalue weighted by Crippen LogP contribution is -2.40. The van der Waals surface area contributed by atoms with E-state index in [9.17, 15) is 66.1 Å². The average Bonchev–Trinajstić information content (AvgIpc) is 3.60. The van der Waals surface area contributed by atoms with E-state index in [2.05, 4.69) is 18.0 Å². The van der Waals surface area contributed by atoms with Gasteiger partial charge in [0, 0.05) is 18.9 Å². The summed E-state index contributed by atoms with van der Waals surface area (Å²) >= 11 is 0. The lowest BCUT2D eigenvalue weighted by Gasteiger charge is -2.33. The maximum Gasteiger partial charge on any atom is 0.311 e. The monoisotopic (exact) mass is 1060 g/mol. The number of hydrogen-bond donors (Lipinski definition) is 14. The second-order valence-electron chi connectivity index (χ2n) is 22.1. The number of aliphatic hydroxyl groups excluding tert-OH is 12. The summed E-state index contributed by atoms with van der Waals surface area (Å²) in [6, 6.07) is 0. The van der Waals surface area contributed by atoms with Crippen LogP contribution in [0.4, 0.5) is 0 Å². The van der Waals surface area contributed by atoms with Gasteiger partial charge in [-0.3, -0.25) is 9.79 Å². The molecule has 0 saturated carbocycles. The van der Waals surface area contributed by atoms with E-state index in [4.69, 9.17) is 25.7 Å². The molecular formula is C55H103N3O16. The number of guanidine groups is 1. The molecule has 19 nitrogen and oxygen atoms in total. The Hall–Kier alpha value is -2.34. The highest BCUT2D eigenvalue weighted by molar-refractivity contribution is 5.75. The molecule has 2 aliphatic rings. The largest absolute Gasteiger partial charge is 0.461 e. The number of cyclic esters (lactones) is 1. The molecule has 0 amide bonds. The van der Waals surface area contributed by atoms with E-state index in [1.807, 2.05) is 27.7 Å². The minimum atomic E-state index is -1.58. The normalized spacial score (nSPS) is 38.6. The molecule has 1 fully saturated rings. The van der Waals surface area contributed by atoms with Crippen molar-refractivity contribution in [3.8, 4) is 0 Å². The second-order valence-corrected chi connectivity index (χ2v) is 22.1. The van der Waals surface area contributed by atoms with Gasteiger partial charge in [0.05, 0.1) is 67.5 Å². The Balaban J connectivity index is 2.31. The van der Waals surface area contributed by atoms with Gasteiger partial charge in [0.25, 0.3) is 0 Å². The Morgan fingerprint density at radius 3 is 1.92 bits per heavy atom. The first-order chi connectivity index (χ1) is 35.0. The van der Waals surface area contributed by atoms with E-state index < -0.39 is 110 Å². The van der Waals surface area contributed by atoms with Crippen LogP contribution >= 0.6 is 0 Å². The molecule has 0 bridgehead atoms. The summed E-state index contributed by atoms with van der Waals surface area (Å²) in [5, 5.41) is 130. The van der Waals surface area contributed by atoms with Gasteiger partial charge in [0.1, 0.15) is 30.5 Å². The summed E-state index contributed by atoms with van der Waals surface area (Å²) in [4.78, 5) is 18.3. The predicted molar refractivity (Wildman–Crippen MR) is 283 cm³/mol. The first-order valence-electron chi connectivity index (χ1n) is 28.0. The Bertz CT molecular complexity index is 1600. The third-order valence-electron chi connectivity index (χ3n) is 15.1. The van der Waals surface area contributed by atoms with Crippen molar-refractivity contribution in [3.05, 3.63) is 23.3 Å². The van der Waals surface area contributed by atoms with Crippen molar-refractivity contribution in [2.24, 2.45) is 40.1 Å². The fourth-order valence-electron chi connectivity index (χ4n) is 10.4. The first-order valence-corrected chi connectivity index (χ1v) is 28.0. The average molecular weight is 1060 g/mol. The quantitative estimate of drug-likeness (QED) is 0.0438. The van der Waals surface area contributed by atoms with Crippen LogP contribution in [0.15, 0.2) is 28.3 Å². The molecule has 0 aromatic heterocycles. The second kappa shape index (κ2) is 36.7. The number of esters is 1. The number of aliphatic imine (C=N–C) groups is 1. The van der Waals surface area contributed by atoms with Crippen LogP contribution in [-0.2, 0) is 19.0 Å². The Kier molecular flexibility index (Phi) is 33.6. The number of rotatable bonds is 12. The van der Waals surface area contributed by atoms with Crippen LogP contribution < -0.4 is 11.5 Å². The zero-order chi connectivity index (χ0) is 55.5. The lowest BCUT2D eigenvalue weighted by atomic mass is 9.84. The topological polar surface area (TPSA) is 352 Å². The van der Waals surface area contributed by atoms with Crippen LogP contribution in [0.1, 0.15) is 183 Å². The predicted octanol–water partition coefficient (Wildman–Crippen LogP) is 3.28. The Morgan fingerprint density at radius 1 is 0.716 bits per heavy atom. The Labute approximate surface area is 442 Å². The standard InChI is InChI=1S/C55H103N3O16/c1-7-8-21-44-49(68)34(3)23-24-39(61)19-13-18-38(60)20-14-22-45(66)36(5)27-47(72-54-51(70)50(69)48(32-59)73-54)46(67)31-43(65)30-42(64)29-41(63)28-40(62)17-10-9-15-33(2)26-37(6)52(74-53(44)71)35(4)16-11-12-25-58-55(56)57/h26-27,34-35,37-52,54,59-70H,7-25,28-32H2,1-6H3,(H4,56,57,58)/b33-26+,36-27+/t34?,35?,37?,38?,39?,40?,41?,42?,43?,44?,45?,46?,47?,48-,49?,50-,51+,52?,54+/m1/s1. The number of aliphatic hydroxyl groups is 12. The van der Waals surface area contributed by atoms with Gasteiger partial charge in [-0.1, -0.05) is 71.1 Å². The van der Waals surface area contributed by atoms with Gasteiger partial charge in [-0.15, -0.1) is 0 Å². The molecule has 0 spiro atoms. The number of carbonyl (C=O) groups excluding carboxylic acids is 1. The number of carbonyl (C=O) groups is 1. The molecule has 0 radical (unpaired) electrons. The van der Waals surface area contributed by atoms with Gasteiger partial charge in [0.2, 0.25) is 0 Å². The first kappa shape index (κ1) is 67.8. The van der Waals surface area contributed by atoms with E-state index in [0.29, 0.717) is 76.3 Å². The molecule has 19 atom stereocenters. The molecule has 19 heteroatoms. The third kappa shape index (κ3) is 26.3. The van der Waals surface area contributed by atoms with Gasteiger partial charge >= 0.3 is 5.97 Å². The fraction of sp³-hybridized carbons (Fsp3) is 0.891. The highest BCUT2D eigenvalue weighted by atomic mass is 16.7. The Morgan fingerprint density at radius 2 is 1.31 bits per heavy atom. The molecule has 0 aliphatic carbocycles. The molecule has 434 valence electrons. The SMILES string of the molecule is CCCCC1C(=O)OC(C(C)CCCCN=C(N)N)C(C)/C=C(\C)CCCCC(O)CC(O)CC(O)CC(O)CC(O)C(O[C@H]2O[C@H](CO)[C@@H](O)[C@@H]2O)/C=C(\C)C(O)CCCC(O)CCCC(O)CCC(C)C1O. The minimum absolute atomic E-state index is 0.00111. The van der Waals surface area contributed by atoms with Crippen LogP contribution in [-0.4, -0.2) is 178 Å². The smallest absolute Gasteiger partial charge is 0.311 e. The molecule has 74 heavy (non-hydrogen) atoms. The van der Waals surface area contributed by atoms with E-state index in [-0.39, 0.29) is 55.8 Å². The minimum Gasteiger partial charge on any atom is -0.461 e. The van der Waals surface area contributed by atoms with Gasteiger partial charge in [-0.05, 0) is 140 Å². The van der Waals surface area contributed by atoms with Crippen LogP contribution in [0.2, 0.25) is 0 Å². The van der Waals surface area contributed by atoms with Crippen molar-refractivity contribution in [1.29, 1.82) is 0 Å². The summed E-state index contributed by atoms with van der Waals surface area (Å²) in [5.74, 6) is -1.65. The van der Waals surface area contributed by atoms with Crippen LogP contribution in [0, 0.1) is 23.7 Å². The third-order valence-corrected chi connectivity index (χ3v) is 15.1. The van der Waals surface area contributed by atoms with Crippen molar-refractivity contribution >= 4 is 11.9 Å². The summed E-state index contributed by atoms with van der Waals surface area (Å²) in [7, 11) is 0. The molecule has 2 aliphatic heterocycles. The van der Waals surface area contributed by atoms with Crippen LogP contribution in [0.25, 0.3) is 0 Å². The van der Waals surface area contributed by atoms with Crippen molar-refractivity contribution in [1.82, 2.24) is 0 Å². The highest BCUT2D eigenvalue weighted by Crippen LogP contribution is 2.31. The molecule has 1 saturated heterocycles. The fourth-order valence-corrected chi connectivity index (χ4v) is 10.4. The number of nitrogens with zero attached hydrogens (tertiary/aromatic N) is 1. The summed E-state index contributed by atoms with van der Waals surface area (Å²) < 4.78 is 17.8. The van der Waals surface area contributed by atoms with Gasteiger partial charge in [-0.25, -0.2) is 0 Å². The van der Waals surface area contributed by atoms with Gasteiger partial charge in [-0.2, -0.15) is 0 Å². The van der Waals surface area contributed by atoms with Crippen molar-refractivity contribution < 1.29 is 80.3 Å². The molecule has 2 rings (SSSR count). The molecule has 16 N–H and O–H groups in total. The lowest BCUT2D eigenvalue weighted by molar-refractivity contribution is -0.202. The van der Waals surface area contributed by atoms with E-state index in [0.717, 1.165) is 50.5 Å². The zero-order valence-corrected chi connectivity index (χ0v) is 45.7. The molecule has 0 aromatic rings. The molecule has 2 heterocycles. The maximum atomic E-state index is 14.2. The summed E-state index contributed by atoms with van der Waals surface area (Å²) in [6.07, 6.45) is -3.81. The number of ether oxygens (including phenoxy) is 3.